The van der Waals surface area contributed by atoms with Crippen LogP contribution in [-0.4, -0.2) is 5.91 Å². The van der Waals surface area contributed by atoms with Gasteiger partial charge in [-0.1, -0.05) is 58.3 Å². The third-order valence-electron chi connectivity index (χ3n) is 4.26. The molecule has 94 valence electrons. The molecule has 2 N–H and O–H groups in total. The fraction of sp³-hybridized carbons (Fsp3) is 0.929. The van der Waals surface area contributed by atoms with Gasteiger partial charge in [0.2, 0.25) is 5.91 Å². The van der Waals surface area contributed by atoms with Crippen LogP contribution < -0.4 is 5.73 Å². The largest absolute Gasteiger partial charge is 0.369 e. The summed E-state index contributed by atoms with van der Waals surface area (Å²) in [4.78, 5) is 11.7. The molecule has 0 bridgehead atoms. The minimum atomic E-state index is -0.190. The van der Waals surface area contributed by atoms with Gasteiger partial charge in [-0.25, -0.2) is 0 Å². The molecule has 1 saturated carbocycles. The molecule has 0 aromatic carbocycles. The van der Waals surface area contributed by atoms with Crippen LogP contribution in [-0.2, 0) is 4.79 Å². The molecular formula is C14H27NO. The average Bonchev–Trinajstić information content (AvgIpc) is 2.33. The molecule has 1 aliphatic rings. The van der Waals surface area contributed by atoms with Crippen molar-refractivity contribution < 1.29 is 4.79 Å². The van der Waals surface area contributed by atoms with E-state index in [1.54, 1.807) is 0 Å². The fourth-order valence-electron chi connectivity index (χ4n) is 2.89. The van der Waals surface area contributed by atoms with Gasteiger partial charge in [-0.05, 0) is 19.3 Å². The maximum absolute atomic E-state index is 11.7. The van der Waals surface area contributed by atoms with E-state index in [1.807, 2.05) is 0 Å². The fourth-order valence-corrected chi connectivity index (χ4v) is 2.89. The van der Waals surface area contributed by atoms with E-state index in [1.165, 1.54) is 51.4 Å². The summed E-state index contributed by atoms with van der Waals surface area (Å²) in [6.07, 6.45) is 13.3. The quantitative estimate of drug-likeness (QED) is 0.763. The predicted octanol–water partition coefficient (Wildman–Crippen LogP) is 3.78. The molecule has 0 radical (unpaired) electrons. The standard InChI is InChI=1S/C14H27NO/c1-2-14(13(15)16)11-9-7-5-3-4-6-8-10-12-14/h2-12H2,1H3,(H2,15,16). The minimum Gasteiger partial charge on any atom is -0.369 e. The predicted molar refractivity (Wildman–Crippen MR) is 68.1 cm³/mol. The van der Waals surface area contributed by atoms with Crippen molar-refractivity contribution in [3.8, 4) is 0 Å². The Balaban J connectivity index is 2.59. The van der Waals surface area contributed by atoms with Crippen LogP contribution in [0.3, 0.4) is 0 Å². The average molecular weight is 225 g/mol. The van der Waals surface area contributed by atoms with Gasteiger partial charge in [0.1, 0.15) is 0 Å². The topological polar surface area (TPSA) is 43.1 Å². The number of carbonyl (C=O) groups excluding carboxylic acids is 1. The molecule has 0 heterocycles. The van der Waals surface area contributed by atoms with E-state index in [0.717, 1.165) is 19.3 Å². The van der Waals surface area contributed by atoms with Crippen molar-refractivity contribution in [2.24, 2.45) is 11.1 Å². The summed E-state index contributed by atoms with van der Waals surface area (Å²) in [7, 11) is 0. The Bertz CT molecular complexity index is 201. The molecule has 1 fully saturated rings. The Kier molecular flexibility index (Phi) is 5.86. The number of amides is 1. The molecule has 0 atom stereocenters. The van der Waals surface area contributed by atoms with E-state index in [4.69, 9.17) is 5.73 Å². The molecule has 16 heavy (non-hydrogen) atoms. The van der Waals surface area contributed by atoms with Crippen molar-refractivity contribution in [1.29, 1.82) is 0 Å². The van der Waals surface area contributed by atoms with Crippen LogP contribution in [0.15, 0.2) is 0 Å². The van der Waals surface area contributed by atoms with E-state index in [-0.39, 0.29) is 11.3 Å². The lowest BCUT2D eigenvalue weighted by atomic mass is 9.75. The Morgan fingerprint density at radius 2 is 1.31 bits per heavy atom. The monoisotopic (exact) mass is 225 g/mol. The van der Waals surface area contributed by atoms with Crippen molar-refractivity contribution in [1.82, 2.24) is 0 Å². The molecule has 2 heteroatoms. The van der Waals surface area contributed by atoms with E-state index >= 15 is 0 Å². The zero-order valence-electron chi connectivity index (χ0n) is 10.8. The lowest BCUT2D eigenvalue weighted by molar-refractivity contribution is -0.129. The SMILES string of the molecule is CCC1(C(N)=O)CCCCCCCCCC1. The van der Waals surface area contributed by atoms with Gasteiger partial charge < -0.3 is 5.73 Å². The Morgan fingerprint density at radius 3 is 1.62 bits per heavy atom. The Morgan fingerprint density at radius 1 is 0.938 bits per heavy atom. The minimum absolute atomic E-state index is 0.0609. The van der Waals surface area contributed by atoms with Crippen LogP contribution in [0.2, 0.25) is 0 Å². The first-order valence-corrected chi connectivity index (χ1v) is 7.01. The smallest absolute Gasteiger partial charge is 0.223 e. The number of carbonyl (C=O) groups is 1. The van der Waals surface area contributed by atoms with Crippen LogP contribution in [0.25, 0.3) is 0 Å². The Hall–Kier alpha value is -0.530. The maximum Gasteiger partial charge on any atom is 0.223 e. The molecule has 0 aromatic heterocycles. The molecule has 1 amide bonds. The molecule has 2 nitrogen and oxygen atoms in total. The van der Waals surface area contributed by atoms with E-state index in [2.05, 4.69) is 6.92 Å². The molecule has 0 unspecified atom stereocenters. The van der Waals surface area contributed by atoms with E-state index < -0.39 is 0 Å². The third kappa shape index (κ3) is 3.80. The number of primary amides is 1. The van der Waals surface area contributed by atoms with Gasteiger partial charge in [-0.3, -0.25) is 4.79 Å². The third-order valence-corrected chi connectivity index (χ3v) is 4.26. The van der Waals surface area contributed by atoms with Crippen LogP contribution >= 0.6 is 0 Å². The van der Waals surface area contributed by atoms with Crippen molar-refractivity contribution >= 4 is 5.91 Å². The summed E-state index contributed by atoms with van der Waals surface area (Å²) in [6, 6.07) is 0. The van der Waals surface area contributed by atoms with Crippen LogP contribution in [0.1, 0.15) is 77.6 Å². The summed E-state index contributed by atoms with van der Waals surface area (Å²) >= 11 is 0. The van der Waals surface area contributed by atoms with Gasteiger partial charge >= 0.3 is 0 Å². The normalized spacial score (nSPS) is 23.3. The summed E-state index contributed by atoms with van der Waals surface area (Å²) in [5, 5.41) is 0. The van der Waals surface area contributed by atoms with Crippen LogP contribution in [0.4, 0.5) is 0 Å². The lowest BCUT2D eigenvalue weighted by Crippen LogP contribution is -2.36. The molecule has 0 aliphatic heterocycles. The highest BCUT2D eigenvalue weighted by Gasteiger charge is 2.33. The van der Waals surface area contributed by atoms with E-state index in [0.29, 0.717) is 0 Å². The lowest BCUT2D eigenvalue weighted by Gasteiger charge is -2.29. The zero-order chi connectivity index (χ0) is 11.9. The molecule has 0 aromatic rings. The summed E-state index contributed by atoms with van der Waals surface area (Å²) in [5.41, 5.74) is 5.43. The highest BCUT2D eigenvalue weighted by Crippen LogP contribution is 2.35. The van der Waals surface area contributed by atoms with Crippen molar-refractivity contribution in [3.05, 3.63) is 0 Å². The van der Waals surface area contributed by atoms with Gasteiger partial charge in [-0.15, -0.1) is 0 Å². The first-order chi connectivity index (χ1) is 7.71. The Labute approximate surface area is 100.0 Å². The molecular weight excluding hydrogens is 198 g/mol. The highest BCUT2D eigenvalue weighted by molar-refractivity contribution is 5.80. The van der Waals surface area contributed by atoms with E-state index in [9.17, 15) is 4.79 Å². The van der Waals surface area contributed by atoms with Gasteiger partial charge in [0, 0.05) is 5.41 Å². The second-order valence-corrected chi connectivity index (χ2v) is 5.33. The summed E-state index contributed by atoms with van der Waals surface area (Å²) in [6.45, 7) is 2.12. The zero-order valence-corrected chi connectivity index (χ0v) is 10.8. The highest BCUT2D eigenvalue weighted by atomic mass is 16.1. The van der Waals surface area contributed by atoms with Crippen LogP contribution in [0.5, 0.6) is 0 Å². The molecule has 1 rings (SSSR count). The summed E-state index contributed by atoms with van der Waals surface area (Å²) < 4.78 is 0. The molecule has 0 saturated heterocycles. The molecule has 1 aliphatic carbocycles. The van der Waals surface area contributed by atoms with Gasteiger partial charge in [0.05, 0.1) is 0 Å². The van der Waals surface area contributed by atoms with Crippen molar-refractivity contribution in [3.63, 3.8) is 0 Å². The second-order valence-electron chi connectivity index (χ2n) is 5.33. The molecule has 0 spiro atoms. The number of nitrogens with two attached hydrogens (primary N) is 1. The number of rotatable bonds is 2. The van der Waals surface area contributed by atoms with Crippen LogP contribution in [0, 0.1) is 5.41 Å². The van der Waals surface area contributed by atoms with Gasteiger partial charge in [0.15, 0.2) is 0 Å². The maximum atomic E-state index is 11.7. The number of hydrogen-bond donors (Lipinski definition) is 1. The first kappa shape index (κ1) is 13.5. The summed E-state index contributed by atoms with van der Waals surface area (Å²) in [5.74, 6) is -0.0609. The first-order valence-electron chi connectivity index (χ1n) is 7.01. The van der Waals surface area contributed by atoms with Crippen molar-refractivity contribution in [2.45, 2.75) is 77.6 Å². The van der Waals surface area contributed by atoms with Gasteiger partial charge in [-0.2, -0.15) is 0 Å². The second kappa shape index (κ2) is 6.93. The number of hydrogen-bond acceptors (Lipinski definition) is 1. The van der Waals surface area contributed by atoms with Gasteiger partial charge in [0.25, 0.3) is 0 Å². The van der Waals surface area contributed by atoms with Crippen molar-refractivity contribution in [2.75, 3.05) is 0 Å².